The lowest BCUT2D eigenvalue weighted by atomic mass is 10.2. The van der Waals surface area contributed by atoms with Crippen molar-refractivity contribution in [3.05, 3.63) is 58.6 Å². The Morgan fingerprint density at radius 1 is 1.23 bits per heavy atom. The third kappa shape index (κ3) is 2.53. The van der Waals surface area contributed by atoms with Gasteiger partial charge in [0.25, 0.3) is 5.56 Å². The Labute approximate surface area is 146 Å². The van der Waals surface area contributed by atoms with Crippen molar-refractivity contribution in [1.29, 1.82) is 0 Å². The van der Waals surface area contributed by atoms with E-state index in [0.29, 0.717) is 22.3 Å². The van der Waals surface area contributed by atoms with Crippen molar-refractivity contribution in [3.8, 4) is 17.2 Å². The lowest BCUT2D eigenvalue weighted by molar-refractivity contribution is 0.415. The maximum absolute atomic E-state index is 12.7. The number of aromatic hydroxyl groups is 2. The monoisotopic (exact) mass is 350 g/mol. The summed E-state index contributed by atoms with van der Waals surface area (Å²) in [6.07, 6.45) is 2.63. The molecule has 130 valence electrons. The smallest absolute Gasteiger partial charge is 0.298 e. The molecular weight excluding hydrogens is 336 g/mol. The summed E-state index contributed by atoms with van der Waals surface area (Å²) in [5, 5.41) is 24.0. The Morgan fingerprint density at radius 2 is 2.08 bits per heavy atom. The number of aromatic amines is 1. The molecule has 8 heteroatoms. The van der Waals surface area contributed by atoms with Crippen LogP contribution >= 0.6 is 0 Å². The number of rotatable bonds is 3. The van der Waals surface area contributed by atoms with Crippen LogP contribution in [0.3, 0.4) is 0 Å². The highest BCUT2D eigenvalue weighted by atomic mass is 16.5. The predicted molar refractivity (Wildman–Crippen MR) is 97.2 cm³/mol. The van der Waals surface area contributed by atoms with Crippen molar-refractivity contribution < 1.29 is 14.9 Å². The van der Waals surface area contributed by atoms with Gasteiger partial charge in [0, 0.05) is 23.1 Å². The van der Waals surface area contributed by atoms with Crippen LogP contribution in [-0.2, 0) is 0 Å². The molecular formula is C18H14N4O4. The summed E-state index contributed by atoms with van der Waals surface area (Å²) in [5.41, 5.74) is 1.59. The fourth-order valence-corrected chi connectivity index (χ4v) is 2.70. The maximum atomic E-state index is 12.7. The molecule has 0 spiro atoms. The normalized spacial score (nSPS) is 11.6. The fraction of sp³-hybridized carbons (Fsp3) is 0.0556. The Bertz CT molecular complexity index is 1220. The Morgan fingerprint density at radius 3 is 2.85 bits per heavy atom. The second kappa shape index (κ2) is 5.92. The summed E-state index contributed by atoms with van der Waals surface area (Å²) in [4.78, 5) is 20.0. The molecule has 2 aromatic carbocycles. The Hall–Kier alpha value is -3.81. The van der Waals surface area contributed by atoms with Gasteiger partial charge < -0.3 is 19.9 Å². The van der Waals surface area contributed by atoms with Gasteiger partial charge in [-0.3, -0.25) is 4.79 Å². The molecule has 3 N–H and O–H groups in total. The lowest BCUT2D eigenvalue weighted by Gasteiger charge is -2.00. The number of nitrogens with one attached hydrogen (secondary N) is 1. The van der Waals surface area contributed by atoms with Crippen molar-refractivity contribution in [2.24, 2.45) is 5.10 Å². The molecule has 0 radical (unpaired) electrons. The molecule has 0 aliphatic carbocycles. The van der Waals surface area contributed by atoms with Crippen molar-refractivity contribution in [1.82, 2.24) is 14.6 Å². The Balaban J connectivity index is 1.81. The summed E-state index contributed by atoms with van der Waals surface area (Å²) in [6, 6.07) is 9.52. The molecule has 2 aromatic heterocycles. The van der Waals surface area contributed by atoms with Crippen LogP contribution in [0.2, 0.25) is 0 Å². The van der Waals surface area contributed by atoms with E-state index in [2.05, 4.69) is 15.1 Å². The maximum Gasteiger partial charge on any atom is 0.298 e. The second-order valence-corrected chi connectivity index (χ2v) is 5.64. The number of hydrogen-bond donors (Lipinski definition) is 3. The van der Waals surface area contributed by atoms with E-state index in [4.69, 9.17) is 4.74 Å². The summed E-state index contributed by atoms with van der Waals surface area (Å²) in [6.45, 7) is 0. The summed E-state index contributed by atoms with van der Waals surface area (Å²) < 4.78 is 6.26. The molecule has 0 saturated heterocycles. The quantitative estimate of drug-likeness (QED) is 0.490. The first-order valence-electron chi connectivity index (χ1n) is 7.70. The number of benzene rings is 2. The number of phenolic OH excluding ortho intramolecular Hbond substituents is 2. The largest absolute Gasteiger partial charge is 0.508 e. The molecule has 2 heterocycles. The van der Waals surface area contributed by atoms with Gasteiger partial charge >= 0.3 is 0 Å². The first-order valence-corrected chi connectivity index (χ1v) is 7.70. The van der Waals surface area contributed by atoms with Crippen molar-refractivity contribution >= 4 is 28.2 Å². The first-order chi connectivity index (χ1) is 12.6. The molecule has 4 rings (SSSR count). The van der Waals surface area contributed by atoms with E-state index in [-0.39, 0.29) is 17.1 Å². The van der Waals surface area contributed by atoms with Crippen LogP contribution in [0.4, 0.5) is 0 Å². The van der Waals surface area contributed by atoms with Crippen LogP contribution in [0.25, 0.3) is 21.9 Å². The molecule has 0 aliphatic rings. The standard InChI is InChI=1S/C18H14N4O4/c1-26-12-4-5-13-14(7-12)21-17-16(13)19-9-22(18(17)25)20-8-10-2-3-11(23)6-15(10)24/h2-9,21,23-24H,1H3. The summed E-state index contributed by atoms with van der Waals surface area (Å²) in [5.74, 6) is 0.465. The highest BCUT2D eigenvalue weighted by Crippen LogP contribution is 2.25. The minimum absolute atomic E-state index is 0.0617. The lowest BCUT2D eigenvalue weighted by Crippen LogP contribution is -2.17. The van der Waals surface area contributed by atoms with Crippen LogP contribution in [0.5, 0.6) is 17.2 Å². The van der Waals surface area contributed by atoms with Gasteiger partial charge in [-0.05, 0) is 24.3 Å². The van der Waals surface area contributed by atoms with Gasteiger partial charge in [-0.2, -0.15) is 9.78 Å². The van der Waals surface area contributed by atoms with Crippen LogP contribution < -0.4 is 10.3 Å². The number of phenols is 2. The fourth-order valence-electron chi connectivity index (χ4n) is 2.70. The second-order valence-electron chi connectivity index (χ2n) is 5.64. The molecule has 26 heavy (non-hydrogen) atoms. The average molecular weight is 350 g/mol. The zero-order chi connectivity index (χ0) is 18.3. The Kier molecular flexibility index (Phi) is 3.58. The summed E-state index contributed by atoms with van der Waals surface area (Å²) in [7, 11) is 1.57. The minimum Gasteiger partial charge on any atom is -0.508 e. The number of aromatic nitrogens is 3. The van der Waals surface area contributed by atoms with Gasteiger partial charge in [0.05, 0.1) is 18.8 Å². The molecule has 0 amide bonds. The van der Waals surface area contributed by atoms with Crippen molar-refractivity contribution in [2.75, 3.05) is 7.11 Å². The van der Waals surface area contributed by atoms with Crippen molar-refractivity contribution in [3.63, 3.8) is 0 Å². The van der Waals surface area contributed by atoms with Crippen LogP contribution in [0.1, 0.15) is 5.56 Å². The molecule has 0 fully saturated rings. The third-order valence-electron chi connectivity index (χ3n) is 4.03. The van der Waals surface area contributed by atoms with E-state index in [1.54, 1.807) is 19.2 Å². The van der Waals surface area contributed by atoms with Gasteiger partial charge in [-0.15, -0.1) is 0 Å². The zero-order valence-corrected chi connectivity index (χ0v) is 13.7. The van der Waals surface area contributed by atoms with E-state index in [9.17, 15) is 15.0 Å². The molecule has 0 saturated carbocycles. The number of H-pyrrole nitrogens is 1. The average Bonchev–Trinajstić information content (AvgIpc) is 3.01. The number of methoxy groups -OCH3 is 1. The van der Waals surface area contributed by atoms with Gasteiger partial charge in [-0.25, -0.2) is 4.98 Å². The SMILES string of the molecule is COc1ccc2c(c1)[nH]c1c(=O)n(N=Cc3ccc(O)cc3O)cnc12. The van der Waals surface area contributed by atoms with Crippen LogP contribution in [0.15, 0.2) is 52.6 Å². The van der Waals surface area contributed by atoms with Gasteiger partial charge in [0.2, 0.25) is 0 Å². The van der Waals surface area contributed by atoms with E-state index in [1.165, 1.54) is 30.7 Å². The third-order valence-corrected chi connectivity index (χ3v) is 4.03. The molecule has 0 atom stereocenters. The number of hydrogen-bond acceptors (Lipinski definition) is 6. The van der Waals surface area contributed by atoms with Crippen LogP contribution in [0, 0.1) is 0 Å². The number of nitrogens with zero attached hydrogens (tertiary/aromatic N) is 3. The molecule has 8 nitrogen and oxygen atoms in total. The molecule has 4 aromatic rings. The van der Waals surface area contributed by atoms with E-state index in [0.717, 1.165) is 15.6 Å². The number of fused-ring (bicyclic) bond motifs is 3. The van der Waals surface area contributed by atoms with Gasteiger partial charge in [-0.1, -0.05) is 0 Å². The van der Waals surface area contributed by atoms with Crippen LogP contribution in [-0.4, -0.2) is 38.2 Å². The molecule has 0 bridgehead atoms. The number of ether oxygens (including phenoxy) is 1. The minimum atomic E-state index is -0.375. The van der Waals surface area contributed by atoms with Gasteiger partial charge in [0.1, 0.15) is 34.6 Å². The highest BCUT2D eigenvalue weighted by Gasteiger charge is 2.11. The molecule has 0 unspecified atom stereocenters. The topological polar surface area (TPSA) is 113 Å². The molecule has 0 aliphatic heterocycles. The first kappa shape index (κ1) is 15.7. The zero-order valence-electron chi connectivity index (χ0n) is 13.7. The van der Waals surface area contributed by atoms with Crippen molar-refractivity contribution in [2.45, 2.75) is 0 Å². The van der Waals surface area contributed by atoms with E-state index >= 15 is 0 Å². The summed E-state index contributed by atoms with van der Waals surface area (Å²) >= 11 is 0. The van der Waals surface area contributed by atoms with E-state index in [1.807, 2.05) is 6.07 Å². The highest BCUT2D eigenvalue weighted by molar-refractivity contribution is 6.04. The van der Waals surface area contributed by atoms with E-state index < -0.39 is 0 Å². The van der Waals surface area contributed by atoms with Gasteiger partial charge in [0.15, 0.2) is 0 Å². The predicted octanol–water partition coefficient (Wildman–Crippen LogP) is 2.18.